The molecule has 1 fully saturated rings. The van der Waals surface area contributed by atoms with Crippen molar-refractivity contribution in [1.29, 1.82) is 0 Å². The van der Waals surface area contributed by atoms with Crippen molar-refractivity contribution in [1.82, 2.24) is 4.72 Å². The van der Waals surface area contributed by atoms with Crippen molar-refractivity contribution in [2.45, 2.75) is 65.3 Å². The SMILES string of the molecule is CC1CCCCC1(CN)NS(=O)(=O)CCC(C)(C)C. The Bertz CT molecular complexity index is 387. The van der Waals surface area contributed by atoms with Gasteiger partial charge in [0.2, 0.25) is 10.0 Å². The maximum atomic E-state index is 12.3. The molecule has 0 aromatic heterocycles. The fraction of sp³-hybridized carbons (Fsp3) is 1.00. The van der Waals surface area contributed by atoms with Gasteiger partial charge in [-0.15, -0.1) is 0 Å². The van der Waals surface area contributed by atoms with Gasteiger partial charge in [-0.05, 0) is 30.6 Å². The third kappa shape index (κ3) is 5.04. The van der Waals surface area contributed by atoms with Gasteiger partial charge in [0.1, 0.15) is 0 Å². The molecule has 0 radical (unpaired) electrons. The predicted molar refractivity (Wildman–Crippen MR) is 80.4 cm³/mol. The van der Waals surface area contributed by atoms with Gasteiger partial charge in [0.25, 0.3) is 0 Å². The molecular formula is C14H30N2O2S. The summed E-state index contributed by atoms with van der Waals surface area (Å²) >= 11 is 0. The molecule has 2 atom stereocenters. The van der Waals surface area contributed by atoms with E-state index in [1.807, 2.05) is 0 Å². The summed E-state index contributed by atoms with van der Waals surface area (Å²) in [6.07, 6.45) is 4.81. The molecule has 0 saturated heterocycles. The van der Waals surface area contributed by atoms with E-state index in [1.165, 1.54) is 6.42 Å². The average molecular weight is 290 g/mol. The van der Waals surface area contributed by atoms with Gasteiger partial charge in [0, 0.05) is 12.1 Å². The zero-order valence-corrected chi connectivity index (χ0v) is 13.6. The van der Waals surface area contributed by atoms with Crippen LogP contribution in [0.2, 0.25) is 0 Å². The van der Waals surface area contributed by atoms with Crippen LogP contribution in [0.4, 0.5) is 0 Å². The first-order valence-corrected chi connectivity index (χ1v) is 8.97. The molecule has 3 N–H and O–H groups in total. The van der Waals surface area contributed by atoms with Crippen LogP contribution in [0.15, 0.2) is 0 Å². The summed E-state index contributed by atoms with van der Waals surface area (Å²) in [5, 5.41) is 0. The molecule has 0 spiro atoms. The van der Waals surface area contributed by atoms with E-state index in [1.54, 1.807) is 0 Å². The second-order valence-corrected chi connectivity index (χ2v) is 9.08. The van der Waals surface area contributed by atoms with Crippen LogP contribution >= 0.6 is 0 Å². The van der Waals surface area contributed by atoms with Crippen LogP contribution in [0.25, 0.3) is 0 Å². The van der Waals surface area contributed by atoms with Gasteiger partial charge in [0.15, 0.2) is 0 Å². The van der Waals surface area contributed by atoms with Gasteiger partial charge in [-0.3, -0.25) is 0 Å². The van der Waals surface area contributed by atoms with Crippen molar-refractivity contribution in [2.24, 2.45) is 17.1 Å². The Morgan fingerprint density at radius 1 is 1.32 bits per heavy atom. The highest BCUT2D eigenvalue weighted by Crippen LogP contribution is 2.33. The van der Waals surface area contributed by atoms with Crippen molar-refractivity contribution in [2.75, 3.05) is 12.3 Å². The minimum atomic E-state index is -3.25. The highest BCUT2D eigenvalue weighted by molar-refractivity contribution is 7.89. The molecule has 5 heteroatoms. The van der Waals surface area contributed by atoms with Crippen molar-refractivity contribution >= 4 is 10.0 Å². The van der Waals surface area contributed by atoms with E-state index >= 15 is 0 Å². The van der Waals surface area contributed by atoms with Crippen LogP contribution in [0.5, 0.6) is 0 Å². The summed E-state index contributed by atoms with van der Waals surface area (Å²) in [4.78, 5) is 0. The number of sulfonamides is 1. The molecule has 1 saturated carbocycles. The summed E-state index contributed by atoms with van der Waals surface area (Å²) < 4.78 is 27.5. The molecule has 0 aromatic carbocycles. The van der Waals surface area contributed by atoms with Crippen LogP contribution in [-0.4, -0.2) is 26.3 Å². The zero-order chi connectivity index (χ0) is 14.7. The van der Waals surface area contributed by atoms with E-state index in [4.69, 9.17) is 5.73 Å². The minimum Gasteiger partial charge on any atom is -0.329 e. The zero-order valence-electron chi connectivity index (χ0n) is 12.8. The molecule has 1 aliphatic carbocycles. The minimum absolute atomic E-state index is 0.0306. The van der Waals surface area contributed by atoms with Gasteiger partial charge >= 0.3 is 0 Å². The van der Waals surface area contributed by atoms with Gasteiger partial charge < -0.3 is 5.73 Å². The Balaban J connectivity index is 2.74. The average Bonchev–Trinajstić information content (AvgIpc) is 2.29. The summed E-state index contributed by atoms with van der Waals surface area (Å²) in [6.45, 7) is 8.68. The van der Waals surface area contributed by atoms with E-state index in [2.05, 4.69) is 32.4 Å². The van der Waals surface area contributed by atoms with Crippen molar-refractivity contribution < 1.29 is 8.42 Å². The molecule has 1 rings (SSSR count). The first kappa shape index (κ1) is 16.9. The van der Waals surface area contributed by atoms with Crippen LogP contribution in [0, 0.1) is 11.3 Å². The molecule has 2 unspecified atom stereocenters. The lowest BCUT2D eigenvalue weighted by Gasteiger charge is -2.42. The molecular weight excluding hydrogens is 260 g/mol. The van der Waals surface area contributed by atoms with Crippen LogP contribution in [0.3, 0.4) is 0 Å². The third-order valence-electron chi connectivity index (χ3n) is 4.30. The van der Waals surface area contributed by atoms with Gasteiger partial charge in [0.05, 0.1) is 5.75 Å². The molecule has 0 aliphatic heterocycles. The van der Waals surface area contributed by atoms with Gasteiger partial charge in [-0.25, -0.2) is 13.1 Å². The second-order valence-electron chi connectivity index (χ2n) is 7.24. The summed E-state index contributed by atoms with van der Waals surface area (Å²) in [5.74, 6) is 0.501. The highest BCUT2D eigenvalue weighted by Gasteiger charge is 2.40. The van der Waals surface area contributed by atoms with Gasteiger partial charge in [-0.1, -0.05) is 40.5 Å². The lowest BCUT2D eigenvalue weighted by atomic mass is 9.74. The maximum absolute atomic E-state index is 12.3. The number of hydrogen-bond acceptors (Lipinski definition) is 3. The van der Waals surface area contributed by atoms with Crippen molar-refractivity contribution in [3.8, 4) is 0 Å². The van der Waals surface area contributed by atoms with Crippen LogP contribution in [-0.2, 0) is 10.0 Å². The predicted octanol–water partition coefficient (Wildman–Crippen LogP) is 2.25. The fourth-order valence-electron chi connectivity index (χ4n) is 2.71. The first-order valence-electron chi connectivity index (χ1n) is 7.32. The summed E-state index contributed by atoms with van der Waals surface area (Å²) in [7, 11) is -3.25. The number of hydrogen-bond donors (Lipinski definition) is 2. The molecule has 0 bridgehead atoms. The van der Waals surface area contributed by atoms with E-state index in [0.29, 0.717) is 18.9 Å². The van der Waals surface area contributed by atoms with Crippen molar-refractivity contribution in [3.63, 3.8) is 0 Å². The summed E-state index contributed by atoms with van der Waals surface area (Å²) in [6, 6.07) is 0. The largest absolute Gasteiger partial charge is 0.329 e. The Labute approximate surface area is 118 Å². The molecule has 1 aliphatic rings. The van der Waals surface area contributed by atoms with Crippen LogP contribution < -0.4 is 10.5 Å². The van der Waals surface area contributed by atoms with Crippen LogP contribution in [0.1, 0.15) is 59.8 Å². The van der Waals surface area contributed by atoms with E-state index in [0.717, 1.165) is 19.3 Å². The van der Waals surface area contributed by atoms with Crippen molar-refractivity contribution in [3.05, 3.63) is 0 Å². The monoisotopic (exact) mass is 290 g/mol. The number of nitrogens with one attached hydrogen (secondary N) is 1. The normalized spacial score (nSPS) is 29.4. The van der Waals surface area contributed by atoms with E-state index < -0.39 is 15.6 Å². The second kappa shape index (κ2) is 6.10. The highest BCUT2D eigenvalue weighted by atomic mass is 32.2. The third-order valence-corrected chi connectivity index (χ3v) is 5.76. The Morgan fingerprint density at radius 2 is 1.95 bits per heavy atom. The molecule has 0 heterocycles. The van der Waals surface area contributed by atoms with Gasteiger partial charge in [-0.2, -0.15) is 0 Å². The number of rotatable bonds is 5. The Hall–Kier alpha value is -0.130. The van der Waals surface area contributed by atoms with E-state index in [-0.39, 0.29) is 11.2 Å². The quantitative estimate of drug-likeness (QED) is 0.815. The maximum Gasteiger partial charge on any atom is 0.212 e. The topological polar surface area (TPSA) is 72.2 Å². The molecule has 4 nitrogen and oxygen atoms in total. The Morgan fingerprint density at radius 3 is 2.42 bits per heavy atom. The first-order chi connectivity index (χ1) is 8.60. The standard InChI is InChI=1S/C14H30N2O2S/c1-12-7-5-6-8-14(12,11-15)16-19(17,18)10-9-13(2,3)4/h12,16H,5-11,15H2,1-4H3. The Kier molecular flexibility index (Phi) is 5.43. The number of nitrogens with two attached hydrogens (primary N) is 1. The summed E-state index contributed by atoms with van der Waals surface area (Å²) in [5.41, 5.74) is 5.50. The molecule has 0 amide bonds. The lowest BCUT2D eigenvalue weighted by molar-refractivity contribution is 0.191. The molecule has 0 aromatic rings. The smallest absolute Gasteiger partial charge is 0.212 e. The van der Waals surface area contributed by atoms with E-state index in [9.17, 15) is 8.42 Å². The molecule has 19 heavy (non-hydrogen) atoms. The molecule has 114 valence electrons. The lowest BCUT2D eigenvalue weighted by Crippen LogP contribution is -2.59. The fourth-order valence-corrected chi connectivity index (χ4v) is 4.70.